The smallest absolute Gasteiger partial charge is 0.260 e. The van der Waals surface area contributed by atoms with Gasteiger partial charge < -0.3 is 19.7 Å². The summed E-state index contributed by atoms with van der Waals surface area (Å²) in [5.41, 5.74) is 6.31. The lowest BCUT2D eigenvalue weighted by atomic mass is 10.1. The third-order valence-corrected chi connectivity index (χ3v) is 3.12. The zero-order valence-corrected chi connectivity index (χ0v) is 12.6. The summed E-state index contributed by atoms with van der Waals surface area (Å²) in [5, 5.41) is 3.96. The number of nitrogens with zero attached hydrogens (tertiary/aromatic N) is 2. The summed E-state index contributed by atoms with van der Waals surface area (Å²) >= 11 is 0. The summed E-state index contributed by atoms with van der Waals surface area (Å²) in [6, 6.07) is 9.69. The van der Waals surface area contributed by atoms with Crippen molar-refractivity contribution in [3.63, 3.8) is 0 Å². The van der Waals surface area contributed by atoms with Crippen LogP contribution in [-0.2, 0) is 15.0 Å². The predicted octanol–water partition coefficient (Wildman–Crippen LogP) is 2.02. The zero-order chi connectivity index (χ0) is 15.3. The van der Waals surface area contributed by atoms with Gasteiger partial charge in [0.05, 0.1) is 6.61 Å². The number of hydrogen-bond acceptors (Lipinski definition) is 6. The molecule has 0 spiro atoms. The lowest BCUT2D eigenvalue weighted by Gasteiger charge is -2.19. The SMILES string of the molecule is CCOCC(C)(N)c1noc(C(OC)c2ccccc2)n1. The molecule has 0 bridgehead atoms. The largest absolute Gasteiger partial charge is 0.379 e. The lowest BCUT2D eigenvalue weighted by Crippen LogP contribution is -2.39. The van der Waals surface area contributed by atoms with Crippen LogP contribution in [0.5, 0.6) is 0 Å². The van der Waals surface area contributed by atoms with E-state index >= 15 is 0 Å². The van der Waals surface area contributed by atoms with E-state index in [9.17, 15) is 0 Å². The van der Waals surface area contributed by atoms with Crippen LogP contribution in [-0.4, -0.2) is 30.5 Å². The van der Waals surface area contributed by atoms with Crippen LogP contribution in [0, 0.1) is 0 Å². The number of nitrogens with two attached hydrogens (primary N) is 1. The van der Waals surface area contributed by atoms with Crippen LogP contribution in [0.1, 0.15) is 37.2 Å². The maximum atomic E-state index is 6.17. The summed E-state index contributed by atoms with van der Waals surface area (Å²) in [5.74, 6) is 0.788. The van der Waals surface area contributed by atoms with Crippen LogP contribution in [0.3, 0.4) is 0 Å². The number of benzene rings is 1. The molecule has 0 saturated carbocycles. The quantitative estimate of drug-likeness (QED) is 0.840. The average Bonchev–Trinajstić information content (AvgIpc) is 2.98. The number of aromatic nitrogens is 2. The van der Waals surface area contributed by atoms with Crippen molar-refractivity contribution in [3.8, 4) is 0 Å². The lowest BCUT2D eigenvalue weighted by molar-refractivity contribution is 0.0958. The molecular formula is C15H21N3O3. The van der Waals surface area contributed by atoms with E-state index in [4.69, 9.17) is 19.7 Å². The van der Waals surface area contributed by atoms with Crippen molar-refractivity contribution in [3.05, 3.63) is 47.6 Å². The molecular weight excluding hydrogens is 270 g/mol. The zero-order valence-electron chi connectivity index (χ0n) is 12.6. The minimum absolute atomic E-state index is 0.325. The molecule has 0 saturated heterocycles. The van der Waals surface area contributed by atoms with Crippen molar-refractivity contribution in [2.45, 2.75) is 25.5 Å². The first-order valence-corrected chi connectivity index (χ1v) is 6.87. The highest BCUT2D eigenvalue weighted by molar-refractivity contribution is 5.22. The molecule has 1 heterocycles. The molecule has 0 fully saturated rings. The van der Waals surface area contributed by atoms with Crippen molar-refractivity contribution in [2.24, 2.45) is 5.73 Å². The van der Waals surface area contributed by atoms with Crippen molar-refractivity contribution in [1.29, 1.82) is 0 Å². The second kappa shape index (κ2) is 6.80. The summed E-state index contributed by atoms with van der Waals surface area (Å²) < 4.78 is 16.1. The van der Waals surface area contributed by atoms with Gasteiger partial charge in [0.15, 0.2) is 11.9 Å². The van der Waals surface area contributed by atoms with Gasteiger partial charge in [-0.25, -0.2) is 0 Å². The molecule has 2 rings (SSSR count). The van der Waals surface area contributed by atoms with Gasteiger partial charge in [0.1, 0.15) is 5.54 Å². The average molecular weight is 291 g/mol. The first-order valence-electron chi connectivity index (χ1n) is 6.87. The molecule has 2 atom stereocenters. The number of rotatable bonds is 7. The fraction of sp³-hybridized carbons (Fsp3) is 0.467. The molecule has 0 amide bonds. The molecule has 114 valence electrons. The third kappa shape index (κ3) is 3.66. The van der Waals surface area contributed by atoms with Gasteiger partial charge in [-0.2, -0.15) is 4.98 Å². The standard InChI is InChI=1S/C15H21N3O3/c1-4-20-10-15(2,16)14-17-13(21-18-14)12(19-3)11-8-6-5-7-9-11/h5-9,12H,4,10,16H2,1-3H3. The number of ether oxygens (including phenoxy) is 2. The van der Waals surface area contributed by atoms with Gasteiger partial charge in [-0.1, -0.05) is 35.5 Å². The Morgan fingerprint density at radius 2 is 2.05 bits per heavy atom. The van der Waals surface area contributed by atoms with Crippen molar-refractivity contribution in [2.75, 3.05) is 20.3 Å². The van der Waals surface area contributed by atoms with E-state index in [2.05, 4.69) is 10.1 Å². The Morgan fingerprint density at radius 3 is 2.67 bits per heavy atom. The van der Waals surface area contributed by atoms with E-state index in [1.54, 1.807) is 7.11 Å². The fourth-order valence-corrected chi connectivity index (χ4v) is 1.96. The second-order valence-electron chi connectivity index (χ2n) is 5.04. The van der Waals surface area contributed by atoms with Gasteiger partial charge in [0.25, 0.3) is 5.89 Å². The van der Waals surface area contributed by atoms with Crippen LogP contribution in [0.15, 0.2) is 34.9 Å². The molecule has 0 aliphatic heterocycles. The Kier molecular flexibility index (Phi) is 5.06. The van der Waals surface area contributed by atoms with Gasteiger partial charge >= 0.3 is 0 Å². The van der Waals surface area contributed by atoms with Crippen LogP contribution in [0.25, 0.3) is 0 Å². The van der Waals surface area contributed by atoms with Gasteiger partial charge in [-0.15, -0.1) is 0 Å². The van der Waals surface area contributed by atoms with E-state index in [-0.39, 0.29) is 0 Å². The molecule has 0 aliphatic rings. The van der Waals surface area contributed by atoms with E-state index in [0.717, 1.165) is 5.56 Å². The first-order chi connectivity index (χ1) is 10.1. The van der Waals surface area contributed by atoms with E-state index in [1.165, 1.54) is 0 Å². The Morgan fingerprint density at radius 1 is 1.33 bits per heavy atom. The summed E-state index contributed by atoms with van der Waals surface area (Å²) in [7, 11) is 1.60. The van der Waals surface area contributed by atoms with Crippen molar-refractivity contribution in [1.82, 2.24) is 10.1 Å². The molecule has 0 aliphatic carbocycles. The molecule has 1 aromatic heterocycles. The monoisotopic (exact) mass is 291 g/mol. The highest BCUT2D eigenvalue weighted by Gasteiger charge is 2.30. The molecule has 6 heteroatoms. The fourth-order valence-electron chi connectivity index (χ4n) is 1.96. The molecule has 2 N–H and O–H groups in total. The molecule has 21 heavy (non-hydrogen) atoms. The van der Waals surface area contributed by atoms with Crippen LogP contribution in [0.2, 0.25) is 0 Å². The summed E-state index contributed by atoms with van der Waals surface area (Å²) in [4.78, 5) is 4.37. The highest BCUT2D eigenvalue weighted by atomic mass is 16.5. The van der Waals surface area contributed by atoms with Crippen molar-refractivity contribution >= 4 is 0 Å². The van der Waals surface area contributed by atoms with Gasteiger partial charge in [-0.05, 0) is 19.4 Å². The minimum Gasteiger partial charge on any atom is -0.379 e. The molecule has 0 radical (unpaired) electrons. The Labute approximate surface area is 124 Å². The van der Waals surface area contributed by atoms with Gasteiger partial charge in [-0.3, -0.25) is 0 Å². The second-order valence-corrected chi connectivity index (χ2v) is 5.04. The number of hydrogen-bond donors (Lipinski definition) is 1. The number of methoxy groups -OCH3 is 1. The minimum atomic E-state index is -0.799. The van der Waals surface area contributed by atoms with Crippen LogP contribution < -0.4 is 5.73 Å². The van der Waals surface area contributed by atoms with Gasteiger partial charge in [0.2, 0.25) is 0 Å². The van der Waals surface area contributed by atoms with E-state index in [0.29, 0.717) is 24.9 Å². The molecule has 1 aromatic carbocycles. The molecule has 6 nitrogen and oxygen atoms in total. The maximum absolute atomic E-state index is 6.17. The van der Waals surface area contributed by atoms with E-state index < -0.39 is 11.6 Å². The highest BCUT2D eigenvalue weighted by Crippen LogP contribution is 2.25. The third-order valence-electron chi connectivity index (χ3n) is 3.12. The van der Waals surface area contributed by atoms with Crippen LogP contribution >= 0.6 is 0 Å². The first kappa shape index (κ1) is 15.6. The maximum Gasteiger partial charge on any atom is 0.260 e. The summed E-state index contributed by atoms with van der Waals surface area (Å²) in [6.45, 7) is 4.63. The predicted molar refractivity (Wildman–Crippen MR) is 77.6 cm³/mol. The van der Waals surface area contributed by atoms with Gasteiger partial charge in [0, 0.05) is 13.7 Å². The Bertz CT molecular complexity index is 554. The molecule has 2 unspecified atom stereocenters. The topological polar surface area (TPSA) is 83.4 Å². The normalized spacial score (nSPS) is 15.6. The van der Waals surface area contributed by atoms with Crippen LogP contribution in [0.4, 0.5) is 0 Å². The van der Waals surface area contributed by atoms with Crippen molar-refractivity contribution < 1.29 is 14.0 Å². The molecule has 2 aromatic rings. The van der Waals surface area contributed by atoms with E-state index in [1.807, 2.05) is 44.2 Å². The Balaban J connectivity index is 2.22. The Hall–Kier alpha value is -1.76. The summed E-state index contributed by atoms with van der Waals surface area (Å²) in [6.07, 6.45) is -0.407.